The first-order chi connectivity index (χ1) is 20.3. The first-order valence-corrected chi connectivity index (χ1v) is 24.4. The van der Waals surface area contributed by atoms with Gasteiger partial charge in [-0.15, -0.1) is 0 Å². The van der Waals surface area contributed by atoms with Crippen LogP contribution < -0.4 is 0 Å². The Morgan fingerprint density at radius 3 is 0.756 bits per heavy atom. The third-order valence-electron chi connectivity index (χ3n) is 10.3. The zero-order valence-electron chi connectivity index (χ0n) is 26.1. The van der Waals surface area contributed by atoms with E-state index in [2.05, 4.69) is 18.7 Å². The number of rotatable bonds is 6. The number of hydrogen-bond donors (Lipinski definition) is 0. The zero-order valence-corrected chi connectivity index (χ0v) is 31.0. The molecule has 0 aromatic rings. The Morgan fingerprint density at radius 2 is 0.537 bits per heavy atom. The summed E-state index contributed by atoms with van der Waals surface area (Å²) < 4.78 is 11.7. The van der Waals surface area contributed by atoms with E-state index in [1.54, 1.807) is 0 Å². The molecule has 0 bridgehead atoms. The van der Waals surface area contributed by atoms with Crippen molar-refractivity contribution in [2.75, 3.05) is 52.4 Å². The summed E-state index contributed by atoms with van der Waals surface area (Å²) in [5.74, 6) is 0. The van der Waals surface area contributed by atoms with E-state index in [0.29, 0.717) is 0 Å². The number of hydrogen-bond acceptors (Lipinski definition) is 4. The van der Waals surface area contributed by atoms with Gasteiger partial charge in [-0.2, -0.15) is 0 Å². The van der Waals surface area contributed by atoms with Crippen molar-refractivity contribution in [2.24, 2.45) is 0 Å². The molecule has 2 saturated carbocycles. The van der Waals surface area contributed by atoms with Crippen LogP contribution >= 0.6 is 35.5 Å². The summed E-state index contributed by atoms with van der Waals surface area (Å²) in [6.45, 7) is 11.2. The first kappa shape index (κ1) is 35.8. The minimum atomic E-state index is -0.106. The zero-order chi connectivity index (χ0) is 28.5. The molecule has 0 radical (unpaired) electrons. The molecule has 6 rings (SSSR count). The van der Waals surface area contributed by atoms with Crippen molar-refractivity contribution >= 4 is 35.5 Å². The summed E-state index contributed by atoms with van der Waals surface area (Å²) in [5.41, 5.74) is 2.08. The molecule has 41 heavy (non-hydrogen) atoms. The van der Waals surface area contributed by atoms with Crippen molar-refractivity contribution < 1.29 is 15.9 Å². The molecule has 4 nitrogen and oxygen atoms in total. The van der Waals surface area contributed by atoms with Gasteiger partial charge in [0.2, 0.25) is 0 Å². The second-order valence-corrected chi connectivity index (χ2v) is 20.7. The van der Waals surface area contributed by atoms with Gasteiger partial charge in [-0.1, -0.05) is 64.2 Å². The summed E-state index contributed by atoms with van der Waals surface area (Å²) in [7, 11) is 9.73. The maximum absolute atomic E-state index is 4.81. The van der Waals surface area contributed by atoms with Crippen molar-refractivity contribution in [3.8, 4) is 0 Å². The quantitative estimate of drug-likeness (QED) is 0.199. The molecule has 244 valence electrons. The van der Waals surface area contributed by atoms with Crippen LogP contribution in [0.15, 0.2) is 0 Å². The summed E-state index contributed by atoms with van der Waals surface area (Å²) in [4.78, 5) is 0. The van der Waals surface area contributed by atoms with Crippen molar-refractivity contribution in [3.63, 3.8) is 0 Å². The molecular weight excluding hydrogens is 680 g/mol. The van der Waals surface area contributed by atoms with Crippen LogP contribution in [-0.2, 0) is 15.9 Å². The van der Waals surface area contributed by atoms with Gasteiger partial charge in [0.25, 0.3) is 0 Å². The van der Waals surface area contributed by atoms with Gasteiger partial charge >= 0.3 is 35.0 Å². The predicted molar refractivity (Wildman–Crippen MR) is 181 cm³/mol. The van der Waals surface area contributed by atoms with E-state index in [-0.39, 0.29) is 32.4 Å². The second-order valence-electron chi connectivity index (χ2n) is 13.3. The predicted octanol–water partition coefficient (Wildman–Crippen LogP) is 10.6. The number of halogens is 2. The topological polar surface area (TPSA) is 13.0 Å². The van der Waals surface area contributed by atoms with Crippen LogP contribution in [-0.4, -0.2) is 82.4 Å². The Kier molecular flexibility index (Phi) is 18.9. The summed E-state index contributed by atoms with van der Waals surface area (Å²) in [6.07, 6.45) is 32.7. The fourth-order valence-corrected chi connectivity index (χ4v) is 15.2. The second kappa shape index (κ2) is 21.7. The first-order valence-electron chi connectivity index (χ1n) is 17.7. The van der Waals surface area contributed by atoms with Crippen molar-refractivity contribution in [3.05, 3.63) is 0 Å². The number of piperidine rings is 4. The Bertz CT molecular complexity index is 508. The third kappa shape index (κ3) is 12.2. The molecule has 0 aromatic carbocycles. The molecule has 6 fully saturated rings. The SMILES string of the molecule is C1CCC(P(N2CCCCC2)N2CCCCC2)CC1.C1CCC(P(N2CCCCC2)N2CCCCC2)CC1.[Cl][Pd][Cl]. The van der Waals surface area contributed by atoms with Crippen molar-refractivity contribution in [1.29, 1.82) is 0 Å². The average Bonchev–Trinajstić information content (AvgIpc) is 3.05. The molecule has 0 N–H and O–H groups in total. The van der Waals surface area contributed by atoms with E-state index in [1.165, 1.54) is 194 Å². The van der Waals surface area contributed by atoms with E-state index in [1.807, 2.05) is 0 Å². The van der Waals surface area contributed by atoms with Gasteiger partial charge in [-0.05, 0) is 77.0 Å². The van der Waals surface area contributed by atoms with Gasteiger partial charge in [0.15, 0.2) is 0 Å². The van der Waals surface area contributed by atoms with E-state index in [9.17, 15) is 0 Å². The van der Waals surface area contributed by atoms with Crippen LogP contribution in [0.4, 0.5) is 0 Å². The van der Waals surface area contributed by atoms with Crippen LogP contribution in [0.2, 0.25) is 0 Å². The summed E-state index contributed by atoms with van der Waals surface area (Å²) in [5, 5.41) is 0. The van der Waals surface area contributed by atoms with Crippen LogP contribution in [0.5, 0.6) is 0 Å². The van der Waals surface area contributed by atoms with Crippen molar-refractivity contribution in [1.82, 2.24) is 18.7 Å². The van der Waals surface area contributed by atoms with Gasteiger partial charge in [-0.25, -0.2) is 0 Å². The van der Waals surface area contributed by atoms with Gasteiger partial charge < -0.3 is 0 Å². The molecule has 0 unspecified atom stereocenters. The third-order valence-corrected chi connectivity index (χ3v) is 16.5. The average molecular weight is 742 g/mol. The van der Waals surface area contributed by atoms with E-state index >= 15 is 0 Å². The molecule has 0 amide bonds. The Morgan fingerprint density at radius 1 is 0.341 bits per heavy atom. The fraction of sp³-hybridized carbons (Fsp3) is 1.00. The minimum absolute atomic E-state index is 0.0515. The van der Waals surface area contributed by atoms with Crippen LogP contribution in [0, 0.1) is 0 Å². The molecule has 4 aliphatic heterocycles. The molecule has 6 aliphatic rings. The fourth-order valence-electron chi connectivity index (χ4n) is 8.23. The number of nitrogens with zero attached hydrogens (tertiary/aromatic N) is 4. The van der Waals surface area contributed by atoms with Crippen LogP contribution in [0.25, 0.3) is 0 Å². The van der Waals surface area contributed by atoms with Gasteiger partial charge in [0, 0.05) is 80.1 Å². The molecule has 4 saturated heterocycles. The van der Waals surface area contributed by atoms with Crippen LogP contribution in [0.1, 0.15) is 141 Å². The Labute approximate surface area is 273 Å². The molecule has 0 atom stereocenters. The Balaban J connectivity index is 0.000000173. The van der Waals surface area contributed by atoms with E-state index < -0.39 is 0 Å². The van der Waals surface area contributed by atoms with Crippen LogP contribution in [0.3, 0.4) is 0 Å². The van der Waals surface area contributed by atoms with Gasteiger partial charge in [0.05, 0.1) is 0 Å². The molecule has 9 heteroatoms. The van der Waals surface area contributed by atoms with E-state index in [0.717, 1.165) is 11.3 Å². The van der Waals surface area contributed by atoms with Gasteiger partial charge in [0.1, 0.15) is 0 Å². The molecule has 4 heterocycles. The van der Waals surface area contributed by atoms with Crippen molar-refractivity contribution in [2.45, 2.75) is 153 Å². The van der Waals surface area contributed by atoms with E-state index in [4.69, 9.17) is 19.1 Å². The normalized spacial score (nSPS) is 27.3. The molecule has 0 aromatic heterocycles. The molecular formula is C32H62Cl2N4P2Pd. The molecule has 0 spiro atoms. The summed E-state index contributed by atoms with van der Waals surface area (Å²) >= 11 is -0.106. The Hall–Kier alpha value is 1.94. The summed E-state index contributed by atoms with van der Waals surface area (Å²) in [6, 6.07) is 0. The molecule has 2 aliphatic carbocycles. The standard InChI is InChI=1S/2C16H31N2P.2ClH.Pd/c2*1-4-10-16(11-5-1)19(17-12-6-2-7-13-17)18-14-8-3-9-15-18;;;/h2*16H,1-15H2;2*1H;/q;;;;+2/p-2. The monoisotopic (exact) mass is 740 g/mol. The van der Waals surface area contributed by atoms with Gasteiger partial charge in [-0.3, -0.25) is 18.7 Å². The maximum atomic E-state index is 4.81.